The number of hydrogen-bond donors (Lipinski definition) is 1. The van der Waals surface area contributed by atoms with E-state index in [1.54, 1.807) is 43.5 Å². The molecule has 226 valence electrons. The number of halogens is 2. The van der Waals surface area contributed by atoms with Crippen molar-refractivity contribution in [2.75, 3.05) is 11.6 Å². The number of nitrogens with zero attached hydrogens (tertiary/aromatic N) is 8. The minimum absolute atomic E-state index is 0.202. The van der Waals surface area contributed by atoms with Crippen molar-refractivity contribution in [3.63, 3.8) is 0 Å². The van der Waals surface area contributed by atoms with Crippen molar-refractivity contribution >= 4 is 44.8 Å². The van der Waals surface area contributed by atoms with Crippen molar-refractivity contribution in [2.24, 2.45) is 5.92 Å². The lowest BCUT2D eigenvalue weighted by Gasteiger charge is -2.22. The number of carbonyl (C=O) groups excluding carboxylic acids is 1. The van der Waals surface area contributed by atoms with E-state index in [0.29, 0.717) is 52.5 Å². The number of anilines is 1. The summed E-state index contributed by atoms with van der Waals surface area (Å²) < 4.78 is 28.3. The van der Waals surface area contributed by atoms with E-state index in [2.05, 4.69) is 30.7 Å². The summed E-state index contributed by atoms with van der Waals surface area (Å²) >= 11 is 12.3. The van der Waals surface area contributed by atoms with Crippen LogP contribution in [0.15, 0.2) is 66.1 Å². The van der Waals surface area contributed by atoms with Crippen LogP contribution >= 0.6 is 23.2 Å². The van der Waals surface area contributed by atoms with Gasteiger partial charge in [0.05, 0.1) is 53.8 Å². The van der Waals surface area contributed by atoms with Crippen molar-refractivity contribution in [1.29, 1.82) is 0 Å². The van der Waals surface area contributed by atoms with Gasteiger partial charge in [-0.3, -0.25) is 19.1 Å². The number of rotatable bonds is 4. The summed E-state index contributed by atoms with van der Waals surface area (Å²) in [5, 5.41) is 15.6. The summed E-state index contributed by atoms with van der Waals surface area (Å²) in [6.45, 7) is 1.79. The van der Waals surface area contributed by atoms with Gasteiger partial charge in [0.2, 0.25) is 5.91 Å². The van der Waals surface area contributed by atoms with Gasteiger partial charge in [0.15, 0.2) is 5.15 Å². The number of aromatic nitrogens is 8. The molecule has 13 nitrogen and oxygen atoms in total. The standard InChI is InChI=1S/C28H25Cl2N9O4S/c1-16-4-3-5-24(21-10-17(8-9-31-21)27-22(33-28(16)41)13-39(35-27)44(2,42)43)37-15-32-20(12-26(37)40)19-11-18(29)6-7-23(19)38-14-25(30)34-36-38/h6-16,24H,3-5H2,1-2H3,(H,33,41)/t16-,24+/m1/s1. The lowest BCUT2D eigenvalue weighted by molar-refractivity contribution is -0.119. The predicted molar refractivity (Wildman–Crippen MR) is 164 cm³/mol. The van der Waals surface area contributed by atoms with Gasteiger partial charge in [-0.2, -0.15) is 9.19 Å². The normalized spacial score (nSPS) is 17.3. The zero-order valence-corrected chi connectivity index (χ0v) is 25.8. The van der Waals surface area contributed by atoms with Gasteiger partial charge in [0.1, 0.15) is 5.69 Å². The molecule has 1 aliphatic heterocycles. The van der Waals surface area contributed by atoms with Gasteiger partial charge in [-0.25, -0.2) is 18.1 Å². The van der Waals surface area contributed by atoms with Crippen LogP contribution in [0.3, 0.4) is 0 Å². The van der Waals surface area contributed by atoms with Crippen LogP contribution in [-0.4, -0.2) is 59.3 Å². The maximum atomic E-state index is 13.7. The Balaban J connectivity index is 1.45. The molecule has 0 spiro atoms. The Kier molecular flexibility index (Phi) is 7.82. The van der Waals surface area contributed by atoms with Crippen LogP contribution in [0.4, 0.5) is 5.69 Å². The highest BCUT2D eigenvalue weighted by atomic mass is 35.5. The summed E-state index contributed by atoms with van der Waals surface area (Å²) in [4.78, 5) is 35.9. The minimum Gasteiger partial charge on any atom is -0.323 e. The molecule has 0 aliphatic carbocycles. The van der Waals surface area contributed by atoms with E-state index in [1.165, 1.54) is 34.0 Å². The number of pyridine rings is 1. The summed E-state index contributed by atoms with van der Waals surface area (Å²) in [5.74, 6) is -0.653. The molecular weight excluding hydrogens is 629 g/mol. The van der Waals surface area contributed by atoms with Crippen LogP contribution in [0.2, 0.25) is 10.2 Å². The van der Waals surface area contributed by atoms with E-state index in [-0.39, 0.29) is 33.9 Å². The molecular formula is C28H25Cl2N9O4S. The van der Waals surface area contributed by atoms with Gasteiger partial charge >= 0.3 is 0 Å². The second kappa shape index (κ2) is 11.6. The largest absolute Gasteiger partial charge is 0.323 e. The molecule has 0 unspecified atom stereocenters. The molecule has 5 aromatic rings. The van der Waals surface area contributed by atoms with Crippen LogP contribution in [0.5, 0.6) is 0 Å². The fraction of sp³-hybridized carbons (Fsp3) is 0.250. The molecule has 0 fully saturated rings. The summed E-state index contributed by atoms with van der Waals surface area (Å²) in [6.07, 6.45) is 8.46. The maximum Gasteiger partial charge on any atom is 0.254 e. The number of benzene rings is 1. The molecule has 2 bridgehead atoms. The van der Waals surface area contributed by atoms with Crippen molar-refractivity contribution in [3.05, 3.63) is 87.5 Å². The van der Waals surface area contributed by atoms with Crippen LogP contribution < -0.4 is 10.9 Å². The third kappa shape index (κ3) is 5.87. The highest BCUT2D eigenvalue weighted by Crippen LogP contribution is 2.33. The third-order valence-corrected chi connectivity index (χ3v) is 8.64. The van der Waals surface area contributed by atoms with E-state index in [9.17, 15) is 18.0 Å². The Morgan fingerprint density at radius 1 is 1.02 bits per heavy atom. The first-order valence-electron chi connectivity index (χ1n) is 13.5. The van der Waals surface area contributed by atoms with Crippen LogP contribution in [0.1, 0.15) is 37.9 Å². The summed E-state index contributed by atoms with van der Waals surface area (Å²) in [5.41, 5.74) is 2.77. The highest BCUT2D eigenvalue weighted by Gasteiger charge is 2.25. The molecule has 1 amide bonds. The van der Waals surface area contributed by atoms with Gasteiger partial charge in [-0.1, -0.05) is 41.8 Å². The second-order valence-corrected chi connectivity index (χ2v) is 13.2. The first-order chi connectivity index (χ1) is 21.0. The minimum atomic E-state index is -3.73. The number of carbonyl (C=O) groups is 1. The smallest absolute Gasteiger partial charge is 0.254 e. The molecule has 0 saturated carbocycles. The first kappa shape index (κ1) is 29.7. The number of fused-ring (bicyclic) bond motifs is 4. The first-order valence-corrected chi connectivity index (χ1v) is 16.1. The van der Waals surface area contributed by atoms with Gasteiger partial charge in [0, 0.05) is 34.3 Å². The van der Waals surface area contributed by atoms with Crippen LogP contribution in [0.25, 0.3) is 28.2 Å². The Labute approximate surface area is 261 Å². The average molecular weight is 655 g/mol. The lowest BCUT2D eigenvalue weighted by atomic mass is 9.97. The molecule has 16 heteroatoms. The highest BCUT2D eigenvalue weighted by molar-refractivity contribution is 7.89. The Morgan fingerprint density at radius 3 is 2.57 bits per heavy atom. The van der Waals surface area contributed by atoms with Gasteiger partial charge in [0.25, 0.3) is 15.6 Å². The third-order valence-electron chi connectivity index (χ3n) is 7.37. The summed E-state index contributed by atoms with van der Waals surface area (Å²) in [7, 11) is -3.73. The molecule has 0 saturated heterocycles. The Bertz CT molecular complexity index is 2070. The van der Waals surface area contributed by atoms with Crippen molar-refractivity contribution in [3.8, 4) is 28.2 Å². The lowest BCUT2D eigenvalue weighted by Crippen LogP contribution is -2.27. The molecule has 1 aliphatic rings. The van der Waals surface area contributed by atoms with Crippen LogP contribution in [-0.2, 0) is 14.8 Å². The fourth-order valence-electron chi connectivity index (χ4n) is 5.11. The van der Waals surface area contributed by atoms with Crippen molar-refractivity contribution in [1.82, 2.24) is 38.7 Å². The zero-order chi connectivity index (χ0) is 31.2. The van der Waals surface area contributed by atoms with Crippen molar-refractivity contribution in [2.45, 2.75) is 32.2 Å². The van der Waals surface area contributed by atoms with Crippen molar-refractivity contribution < 1.29 is 13.2 Å². The number of amides is 1. The van der Waals surface area contributed by atoms with E-state index in [0.717, 1.165) is 10.3 Å². The monoisotopic (exact) mass is 653 g/mol. The van der Waals surface area contributed by atoms with Gasteiger partial charge < -0.3 is 5.32 Å². The molecule has 1 N–H and O–H groups in total. The van der Waals surface area contributed by atoms with Gasteiger partial charge in [-0.15, -0.1) is 5.10 Å². The molecule has 0 radical (unpaired) electrons. The topological polar surface area (TPSA) is 160 Å². The van der Waals surface area contributed by atoms with E-state index >= 15 is 0 Å². The molecule has 5 heterocycles. The second-order valence-electron chi connectivity index (χ2n) is 10.5. The van der Waals surface area contributed by atoms with Crippen LogP contribution in [0, 0.1) is 5.92 Å². The number of hydrogen-bond acceptors (Lipinski definition) is 9. The Morgan fingerprint density at radius 2 is 1.84 bits per heavy atom. The SMILES string of the molecule is C[C@@H]1CCC[C@H](n2cnc(-c3cc(Cl)ccc3-n3cc(Cl)nn3)cc2=O)c2cc(ccn2)-c2nn(S(C)(=O)=O)cc2NC1=O. The van der Waals surface area contributed by atoms with E-state index in [1.807, 2.05) is 0 Å². The van der Waals surface area contributed by atoms with E-state index in [4.69, 9.17) is 23.2 Å². The average Bonchev–Trinajstić information content (AvgIpc) is 3.61. The summed E-state index contributed by atoms with van der Waals surface area (Å²) in [6, 6.07) is 9.38. The fourth-order valence-corrected chi connectivity index (χ4v) is 5.93. The number of nitrogens with one attached hydrogen (secondary N) is 1. The Hall–Kier alpha value is -4.40. The molecule has 44 heavy (non-hydrogen) atoms. The molecule has 1 aromatic carbocycles. The zero-order valence-electron chi connectivity index (χ0n) is 23.4. The van der Waals surface area contributed by atoms with E-state index < -0.39 is 16.1 Å². The van der Waals surface area contributed by atoms with Gasteiger partial charge in [-0.05, 0) is 43.2 Å². The molecule has 4 aromatic heterocycles. The maximum absolute atomic E-state index is 13.7. The predicted octanol–water partition coefficient (Wildman–Crippen LogP) is 4.21. The quantitative estimate of drug-likeness (QED) is 0.300. The molecule has 6 rings (SSSR count). The molecule has 2 atom stereocenters.